The molecular weight excluding hydrogens is 372 g/mol. The Labute approximate surface area is 170 Å². The standard InChI is InChI=1S/C20H30N6OS/c1-4-5-6-7-8-13-27-17-11-9-16(10-12-17)24-20-23-14(2)18(28-20)15(3)25-26-19(21)22/h9-12H,4-8,13H2,1-3H3,(H,23,24)(H4,21,22,26). The van der Waals surface area contributed by atoms with E-state index in [4.69, 9.17) is 16.2 Å². The molecule has 1 heterocycles. The lowest BCUT2D eigenvalue weighted by Crippen LogP contribution is -2.22. The number of nitrogens with one attached hydrogen (secondary N) is 1. The Kier molecular flexibility index (Phi) is 8.74. The molecule has 0 aliphatic heterocycles. The van der Waals surface area contributed by atoms with Crippen LogP contribution in [-0.2, 0) is 0 Å². The van der Waals surface area contributed by atoms with Gasteiger partial charge in [0.2, 0.25) is 5.96 Å². The SMILES string of the molecule is CCCCCCCOc1ccc(Nc2nc(C)c(C(C)=NN=C(N)N)s2)cc1. The smallest absolute Gasteiger partial charge is 0.211 e. The van der Waals surface area contributed by atoms with Gasteiger partial charge in [-0.25, -0.2) is 4.98 Å². The third-order valence-corrected chi connectivity index (χ3v) is 5.24. The molecule has 1 aromatic heterocycles. The molecule has 7 nitrogen and oxygen atoms in total. The normalized spacial score (nSPS) is 11.3. The Morgan fingerprint density at radius 1 is 1.11 bits per heavy atom. The maximum atomic E-state index is 5.80. The zero-order chi connectivity index (χ0) is 20.4. The summed E-state index contributed by atoms with van der Waals surface area (Å²) >= 11 is 1.51. The van der Waals surface area contributed by atoms with Crippen molar-refractivity contribution in [2.75, 3.05) is 11.9 Å². The number of ether oxygens (including phenoxy) is 1. The molecule has 0 amide bonds. The summed E-state index contributed by atoms with van der Waals surface area (Å²) in [6.45, 7) is 6.77. The highest BCUT2D eigenvalue weighted by atomic mass is 32.1. The number of anilines is 2. The molecule has 2 rings (SSSR count). The summed E-state index contributed by atoms with van der Waals surface area (Å²) in [5.74, 6) is 0.820. The van der Waals surface area contributed by atoms with E-state index >= 15 is 0 Å². The molecule has 0 atom stereocenters. The number of rotatable bonds is 11. The van der Waals surface area contributed by atoms with Crippen LogP contribution in [0.25, 0.3) is 0 Å². The number of benzene rings is 1. The van der Waals surface area contributed by atoms with E-state index in [1.165, 1.54) is 37.0 Å². The number of thiazole rings is 1. The predicted molar refractivity (Wildman–Crippen MR) is 119 cm³/mol. The molecule has 1 aromatic carbocycles. The second-order valence-corrected chi connectivity index (χ2v) is 7.55. The van der Waals surface area contributed by atoms with Gasteiger partial charge in [-0.2, -0.15) is 5.10 Å². The minimum Gasteiger partial charge on any atom is -0.494 e. The molecule has 0 unspecified atom stereocenters. The molecule has 0 fully saturated rings. The Bertz CT molecular complexity index is 794. The van der Waals surface area contributed by atoms with Crippen molar-refractivity contribution in [2.45, 2.75) is 52.9 Å². The van der Waals surface area contributed by atoms with E-state index in [1.807, 2.05) is 38.1 Å². The zero-order valence-corrected chi connectivity index (χ0v) is 17.7. The van der Waals surface area contributed by atoms with Gasteiger partial charge in [0.1, 0.15) is 5.75 Å². The zero-order valence-electron chi connectivity index (χ0n) is 16.9. The van der Waals surface area contributed by atoms with Crippen LogP contribution in [-0.4, -0.2) is 23.3 Å². The van der Waals surface area contributed by atoms with Crippen LogP contribution in [0.3, 0.4) is 0 Å². The Balaban J connectivity index is 1.89. The number of nitrogens with zero attached hydrogens (tertiary/aromatic N) is 3. The van der Waals surface area contributed by atoms with Gasteiger partial charge in [0.05, 0.1) is 22.9 Å². The lowest BCUT2D eigenvalue weighted by molar-refractivity contribution is 0.304. The van der Waals surface area contributed by atoms with E-state index in [1.54, 1.807) is 0 Å². The van der Waals surface area contributed by atoms with Crippen LogP contribution in [0, 0.1) is 6.92 Å². The molecule has 0 aliphatic carbocycles. The van der Waals surface area contributed by atoms with Crippen molar-refractivity contribution in [1.29, 1.82) is 0 Å². The number of unbranched alkanes of at least 4 members (excludes halogenated alkanes) is 4. The van der Waals surface area contributed by atoms with Gasteiger partial charge < -0.3 is 21.5 Å². The first-order valence-electron chi connectivity index (χ1n) is 9.60. The highest BCUT2D eigenvalue weighted by Gasteiger charge is 2.11. The van der Waals surface area contributed by atoms with E-state index in [2.05, 4.69) is 27.4 Å². The number of hydrogen-bond acceptors (Lipinski definition) is 6. The first-order chi connectivity index (χ1) is 13.5. The molecule has 5 N–H and O–H groups in total. The van der Waals surface area contributed by atoms with Crippen molar-refractivity contribution >= 4 is 33.8 Å². The van der Waals surface area contributed by atoms with Gasteiger partial charge in [0, 0.05) is 5.69 Å². The first-order valence-corrected chi connectivity index (χ1v) is 10.4. The molecule has 2 aromatic rings. The van der Waals surface area contributed by atoms with Crippen LogP contribution in [0.5, 0.6) is 5.75 Å². The highest BCUT2D eigenvalue weighted by Crippen LogP contribution is 2.27. The summed E-state index contributed by atoms with van der Waals surface area (Å²) in [6.07, 6.45) is 6.18. The van der Waals surface area contributed by atoms with Crippen molar-refractivity contribution in [2.24, 2.45) is 21.7 Å². The van der Waals surface area contributed by atoms with E-state index < -0.39 is 0 Å². The van der Waals surface area contributed by atoms with Gasteiger partial charge in [-0.05, 0) is 44.5 Å². The quantitative estimate of drug-likeness (QED) is 0.221. The van der Waals surface area contributed by atoms with Gasteiger partial charge in [0.15, 0.2) is 5.13 Å². The Morgan fingerprint density at radius 3 is 2.50 bits per heavy atom. The molecule has 28 heavy (non-hydrogen) atoms. The number of guanidine groups is 1. The van der Waals surface area contributed by atoms with E-state index in [-0.39, 0.29) is 5.96 Å². The van der Waals surface area contributed by atoms with Crippen LogP contribution in [0.2, 0.25) is 0 Å². The topological polar surface area (TPSA) is 111 Å². The third kappa shape index (κ3) is 7.19. The number of aryl methyl sites for hydroxylation is 1. The summed E-state index contributed by atoms with van der Waals surface area (Å²) in [5.41, 5.74) is 13.2. The Hall–Kier alpha value is -2.61. The number of hydrogen-bond donors (Lipinski definition) is 3. The van der Waals surface area contributed by atoms with Crippen molar-refractivity contribution < 1.29 is 4.74 Å². The molecular formula is C20H30N6OS. The fourth-order valence-corrected chi connectivity index (χ4v) is 3.54. The maximum absolute atomic E-state index is 5.80. The van der Waals surface area contributed by atoms with Gasteiger partial charge in [-0.1, -0.05) is 43.9 Å². The molecule has 0 spiro atoms. The highest BCUT2D eigenvalue weighted by molar-refractivity contribution is 7.17. The molecule has 0 saturated carbocycles. The summed E-state index contributed by atoms with van der Waals surface area (Å²) in [5, 5.41) is 11.8. The van der Waals surface area contributed by atoms with Crippen LogP contribution >= 0.6 is 11.3 Å². The van der Waals surface area contributed by atoms with E-state index in [0.717, 1.165) is 45.9 Å². The van der Waals surface area contributed by atoms with Crippen LogP contribution in [0.4, 0.5) is 10.8 Å². The third-order valence-electron chi connectivity index (χ3n) is 4.06. The molecule has 0 radical (unpaired) electrons. The van der Waals surface area contributed by atoms with Crippen molar-refractivity contribution in [3.63, 3.8) is 0 Å². The molecule has 0 saturated heterocycles. The second kappa shape index (κ2) is 11.3. The monoisotopic (exact) mass is 402 g/mol. The molecule has 0 aliphatic rings. The summed E-state index contributed by atoms with van der Waals surface area (Å²) in [4.78, 5) is 5.49. The lowest BCUT2D eigenvalue weighted by Gasteiger charge is -2.07. The van der Waals surface area contributed by atoms with Crippen molar-refractivity contribution in [1.82, 2.24) is 4.98 Å². The molecule has 152 valence electrons. The number of nitrogens with two attached hydrogens (primary N) is 2. The summed E-state index contributed by atoms with van der Waals surface area (Å²) in [7, 11) is 0. The second-order valence-electron chi connectivity index (χ2n) is 6.56. The van der Waals surface area contributed by atoms with Crippen LogP contribution in [0.15, 0.2) is 34.5 Å². The van der Waals surface area contributed by atoms with Crippen molar-refractivity contribution in [3.05, 3.63) is 34.8 Å². The lowest BCUT2D eigenvalue weighted by atomic mass is 10.2. The predicted octanol–water partition coefficient (Wildman–Crippen LogP) is 4.54. The maximum Gasteiger partial charge on any atom is 0.211 e. The summed E-state index contributed by atoms with van der Waals surface area (Å²) in [6, 6.07) is 7.93. The molecule has 0 bridgehead atoms. The molecule has 8 heteroatoms. The van der Waals surface area contributed by atoms with Crippen LogP contribution < -0.4 is 21.5 Å². The number of aromatic nitrogens is 1. The fourth-order valence-electron chi connectivity index (χ4n) is 2.62. The van der Waals surface area contributed by atoms with Gasteiger partial charge >= 0.3 is 0 Å². The largest absolute Gasteiger partial charge is 0.494 e. The summed E-state index contributed by atoms with van der Waals surface area (Å²) < 4.78 is 5.80. The van der Waals surface area contributed by atoms with E-state index in [9.17, 15) is 0 Å². The van der Waals surface area contributed by atoms with Gasteiger partial charge in [-0.3, -0.25) is 0 Å². The minimum atomic E-state index is -0.0665. The van der Waals surface area contributed by atoms with Gasteiger partial charge in [-0.15, -0.1) is 5.10 Å². The average molecular weight is 403 g/mol. The van der Waals surface area contributed by atoms with E-state index in [0.29, 0.717) is 0 Å². The fraction of sp³-hybridized carbons (Fsp3) is 0.450. The minimum absolute atomic E-state index is 0.0665. The first kappa shape index (κ1) is 21.7. The average Bonchev–Trinajstić information content (AvgIpc) is 3.04. The van der Waals surface area contributed by atoms with Crippen LogP contribution in [0.1, 0.15) is 56.5 Å². The van der Waals surface area contributed by atoms with Crippen molar-refractivity contribution in [3.8, 4) is 5.75 Å². The van der Waals surface area contributed by atoms with Gasteiger partial charge in [0.25, 0.3) is 0 Å². The Morgan fingerprint density at radius 2 is 1.82 bits per heavy atom.